The van der Waals surface area contributed by atoms with Crippen molar-refractivity contribution in [3.05, 3.63) is 70.8 Å². The quantitative estimate of drug-likeness (QED) is 0.555. The van der Waals surface area contributed by atoms with Gasteiger partial charge < -0.3 is 9.80 Å². The Hall–Kier alpha value is -2.10. The van der Waals surface area contributed by atoms with Gasteiger partial charge in [0.2, 0.25) is 0 Å². The van der Waals surface area contributed by atoms with Crippen molar-refractivity contribution < 1.29 is 4.79 Å². The van der Waals surface area contributed by atoms with Gasteiger partial charge in [0.15, 0.2) is 5.78 Å². The molecule has 2 rings (SSSR count). The predicted octanol–water partition coefficient (Wildman–Crippen LogP) is 4.23. The SMILES string of the molecule is CN(C)CCN(C)c1cccc(C(=O)/C=C/c2ccccc2Cl)c1. The van der Waals surface area contributed by atoms with E-state index < -0.39 is 0 Å². The van der Waals surface area contributed by atoms with E-state index in [1.807, 2.05) is 69.7 Å². The molecule has 0 N–H and O–H groups in total. The van der Waals surface area contributed by atoms with Crippen LogP contribution >= 0.6 is 11.6 Å². The summed E-state index contributed by atoms with van der Waals surface area (Å²) in [6.45, 7) is 1.86. The van der Waals surface area contributed by atoms with Gasteiger partial charge in [-0.1, -0.05) is 41.9 Å². The molecule has 4 heteroatoms. The van der Waals surface area contributed by atoms with Crippen molar-refractivity contribution in [2.45, 2.75) is 0 Å². The number of likely N-dealkylation sites (N-methyl/N-ethyl adjacent to an activating group) is 2. The minimum atomic E-state index is -0.0298. The third-order valence-electron chi connectivity index (χ3n) is 3.77. The summed E-state index contributed by atoms with van der Waals surface area (Å²) in [5, 5.41) is 0.638. The number of allylic oxidation sites excluding steroid dienone is 1. The number of hydrogen-bond acceptors (Lipinski definition) is 3. The second kappa shape index (κ2) is 8.67. The van der Waals surface area contributed by atoms with Gasteiger partial charge in [-0.25, -0.2) is 0 Å². The van der Waals surface area contributed by atoms with Gasteiger partial charge in [0, 0.05) is 36.4 Å². The molecule has 0 heterocycles. The number of carbonyl (C=O) groups is 1. The largest absolute Gasteiger partial charge is 0.373 e. The first-order valence-corrected chi connectivity index (χ1v) is 8.28. The van der Waals surface area contributed by atoms with Crippen LogP contribution in [0.4, 0.5) is 5.69 Å². The van der Waals surface area contributed by atoms with Crippen LogP contribution in [0, 0.1) is 0 Å². The summed E-state index contributed by atoms with van der Waals surface area (Å²) in [5.74, 6) is -0.0298. The standard InChI is InChI=1S/C20H23ClN2O/c1-22(2)13-14-23(3)18-9-6-8-17(15-18)20(24)12-11-16-7-4-5-10-19(16)21/h4-12,15H,13-14H2,1-3H3/b12-11+. The van der Waals surface area contributed by atoms with Crippen molar-refractivity contribution in [3.63, 3.8) is 0 Å². The molecule has 0 amide bonds. The van der Waals surface area contributed by atoms with Crippen LogP contribution in [0.5, 0.6) is 0 Å². The maximum Gasteiger partial charge on any atom is 0.185 e. The zero-order valence-corrected chi connectivity index (χ0v) is 15.1. The zero-order chi connectivity index (χ0) is 17.5. The van der Waals surface area contributed by atoms with Gasteiger partial charge in [-0.2, -0.15) is 0 Å². The van der Waals surface area contributed by atoms with E-state index in [1.54, 1.807) is 12.2 Å². The molecule has 2 aromatic carbocycles. The van der Waals surface area contributed by atoms with Crippen molar-refractivity contribution >= 4 is 29.1 Å². The van der Waals surface area contributed by atoms with Gasteiger partial charge in [0.25, 0.3) is 0 Å². The van der Waals surface area contributed by atoms with Crippen LogP contribution in [0.3, 0.4) is 0 Å². The highest BCUT2D eigenvalue weighted by Crippen LogP contribution is 2.18. The molecule has 0 aliphatic heterocycles. The summed E-state index contributed by atoms with van der Waals surface area (Å²) in [6.07, 6.45) is 3.33. The van der Waals surface area contributed by atoms with E-state index in [9.17, 15) is 4.79 Å². The molecule has 2 aromatic rings. The zero-order valence-electron chi connectivity index (χ0n) is 14.4. The smallest absolute Gasteiger partial charge is 0.185 e. The number of benzene rings is 2. The highest BCUT2D eigenvalue weighted by Gasteiger charge is 2.06. The Kier molecular flexibility index (Phi) is 6.59. The Labute approximate surface area is 149 Å². The third-order valence-corrected chi connectivity index (χ3v) is 4.12. The van der Waals surface area contributed by atoms with Crippen molar-refractivity contribution in [2.24, 2.45) is 0 Å². The van der Waals surface area contributed by atoms with Crippen LogP contribution < -0.4 is 4.90 Å². The molecule has 3 nitrogen and oxygen atoms in total. The van der Waals surface area contributed by atoms with E-state index in [0.717, 1.165) is 24.3 Å². The molecule has 0 aromatic heterocycles. The Balaban J connectivity index is 2.10. The van der Waals surface area contributed by atoms with Crippen LogP contribution in [0.25, 0.3) is 6.08 Å². The molecule has 0 bridgehead atoms. The lowest BCUT2D eigenvalue weighted by Gasteiger charge is -2.21. The van der Waals surface area contributed by atoms with Gasteiger partial charge >= 0.3 is 0 Å². The number of carbonyl (C=O) groups excluding carboxylic acids is 1. The fourth-order valence-electron chi connectivity index (χ4n) is 2.25. The van der Waals surface area contributed by atoms with Crippen molar-refractivity contribution in [3.8, 4) is 0 Å². The van der Waals surface area contributed by atoms with E-state index in [-0.39, 0.29) is 5.78 Å². The minimum absolute atomic E-state index is 0.0298. The molecule has 0 aliphatic rings. The Morgan fingerprint density at radius 3 is 2.50 bits per heavy atom. The number of anilines is 1. The Morgan fingerprint density at radius 2 is 1.79 bits per heavy atom. The first kappa shape index (κ1) is 18.2. The summed E-state index contributed by atoms with van der Waals surface area (Å²) >= 11 is 6.11. The van der Waals surface area contributed by atoms with E-state index in [2.05, 4.69) is 9.80 Å². The van der Waals surface area contributed by atoms with E-state index >= 15 is 0 Å². The van der Waals surface area contributed by atoms with Gasteiger partial charge in [0.05, 0.1) is 0 Å². The summed E-state index contributed by atoms with van der Waals surface area (Å²) in [6, 6.07) is 15.2. The second-order valence-corrected chi connectivity index (χ2v) is 6.40. The maximum atomic E-state index is 12.4. The van der Waals surface area contributed by atoms with Crippen LogP contribution in [-0.4, -0.2) is 44.9 Å². The number of rotatable bonds is 7. The van der Waals surface area contributed by atoms with Gasteiger partial charge in [-0.05, 0) is 50.0 Å². The van der Waals surface area contributed by atoms with Gasteiger partial charge in [-0.15, -0.1) is 0 Å². The van der Waals surface area contributed by atoms with E-state index in [0.29, 0.717) is 10.6 Å². The van der Waals surface area contributed by atoms with Crippen LogP contribution in [0.15, 0.2) is 54.6 Å². The molecule has 126 valence electrons. The summed E-state index contributed by atoms with van der Waals surface area (Å²) < 4.78 is 0. The molecular formula is C20H23ClN2O. The van der Waals surface area contributed by atoms with Crippen LogP contribution in [0.2, 0.25) is 5.02 Å². The molecule has 0 unspecified atom stereocenters. The number of ketones is 1. The molecule has 0 saturated carbocycles. The lowest BCUT2D eigenvalue weighted by molar-refractivity contribution is 0.104. The first-order valence-electron chi connectivity index (χ1n) is 7.90. The molecule has 0 radical (unpaired) electrons. The van der Waals surface area contributed by atoms with Crippen LogP contribution in [0.1, 0.15) is 15.9 Å². The predicted molar refractivity (Wildman–Crippen MR) is 103 cm³/mol. The average Bonchev–Trinajstić information content (AvgIpc) is 2.58. The molecule has 0 fully saturated rings. The molecule has 0 spiro atoms. The molecule has 0 aliphatic carbocycles. The fourth-order valence-corrected chi connectivity index (χ4v) is 2.45. The number of nitrogens with zero attached hydrogens (tertiary/aromatic N) is 2. The van der Waals surface area contributed by atoms with E-state index in [1.165, 1.54) is 0 Å². The van der Waals surface area contributed by atoms with Crippen LogP contribution in [-0.2, 0) is 0 Å². The Morgan fingerprint density at radius 1 is 1.04 bits per heavy atom. The normalized spacial score (nSPS) is 11.2. The maximum absolute atomic E-state index is 12.4. The average molecular weight is 343 g/mol. The first-order chi connectivity index (χ1) is 11.5. The van der Waals surface area contributed by atoms with Crippen molar-refractivity contribution in [1.82, 2.24) is 4.90 Å². The molecular weight excluding hydrogens is 320 g/mol. The van der Waals surface area contributed by atoms with Gasteiger partial charge in [-0.3, -0.25) is 4.79 Å². The van der Waals surface area contributed by atoms with Gasteiger partial charge in [0.1, 0.15) is 0 Å². The molecule has 24 heavy (non-hydrogen) atoms. The van der Waals surface area contributed by atoms with E-state index in [4.69, 9.17) is 11.6 Å². The monoisotopic (exact) mass is 342 g/mol. The molecule has 0 saturated heterocycles. The summed E-state index contributed by atoms with van der Waals surface area (Å²) in [5.41, 5.74) is 2.55. The second-order valence-electron chi connectivity index (χ2n) is 5.99. The lowest BCUT2D eigenvalue weighted by atomic mass is 10.1. The molecule has 0 atom stereocenters. The minimum Gasteiger partial charge on any atom is -0.373 e. The highest BCUT2D eigenvalue weighted by atomic mass is 35.5. The highest BCUT2D eigenvalue weighted by molar-refractivity contribution is 6.32. The summed E-state index contributed by atoms with van der Waals surface area (Å²) in [7, 11) is 6.13. The Bertz CT molecular complexity index is 725. The lowest BCUT2D eigenvalue weighted by Crippen LogP contribution is -2.28. The van der Waals surface area contributed by atoms with Crippen molar-refractivity contribution in [1.29, 1.82) is 0 Å². The third kappa shape index (κ3) is 5.22. The fraction of sp³-hybridized carbons (Fsp3) is 0.250. The number of hydrogen-bond donors (Lipinski definition) is 0. The van der Waals surface area contributed by atoms with Crippen molar-refractivity contribution in [2.75, 3.05) is 39.1 Å². The topological polar surface area (TPSA) is 23.6 Å². The summed E-state index contributed by atoms with van der Waals surface area (Å²) in [4.78, 5) is 16.7. The number of halogens is 1.